The molecule has 6 nitrogen and oxygen atoms in total. The summed E-state index contributed by atoms with van der Waals surface area (Å²) >= 11 is 0. The summed E-state index contributed by atoms with van der Waals surface area (Å²) in [6, 6.07) is 10.6. The predicted molar refractivity (Wildman–Crippen MR) is 112 cm³/mol. The number of nitrogens with two attached hydrogens (primary N) is 1. The molecular weight excluding hydrogens is 364 g/mol. The van der Waals surface area contributed by atoms with Gasteiger partial charge >= 0.3 is 0 Å². The third kappa shape index (κ3) is 3.40. The largest absolute Gasteiger partial charge is 0.393 e. The predicted octanol–water partition coefficient (Wildman–Crippen LogP) is 2.23. The van der Waals surface area contributed by atoms with Crippen molar-refractivity contribution in [3.63, 3.8) is 0 Å². The molecule has 0 bridgehead atoms. The van der Waals surface area contributed by atoms with E-state index >= 15 is 0 Å². The van der Waals surface area contributed by atoms with Gasteiger partial charge in [-0.05, 0) is 61.8 Å². The minimum absolute atomic E-state index is 0.0824. The Morgan fingerprint density at radius 3 is 2.59 bits per heavy atom. The fourth-order valence-corrected chi connectivity index (χ4v) is 5.08. The SMILES string of the molecule is Nc1ncc(-c2ccc([C@@]34CNC[C@@H]3C4)cc2)cc1C(=O)NC1CCC(O)CC1. The van der Waals surface area contributed by atoms with Crippen LogP contribution in [0.4, 0.5) is 5.82 Å². The van der Waals surface area contributed by atoms with Gasteiger partial charge in [0.15, 0.2) is 0 Å². The van der Waals surface area contributed by atoms with Gasteiger partial charge in [0.2, 0.25) is 0 Å². The molecule has 2 atom stereocenters. The van der Waals surface area contributed by atoms with Gasteiger partial charge in [-0.1, -0.05) is 24.3 Å². The second-order valence-electron chi connectivity index (χ2n) is 8.90. The molecule has 29 heavy (non-hydrogen) atoms. The Labute approximate surface area is 170 Å². The molecule has 1 amide bonds. The van der Waals surface area contributed by atoms with E-state index in [0.717, 1.165) is 55.8 Å². The maximum Gasteiger partial charge on any atom is 0.255 e. The van der Waals surface area contributed by atoms with Gasteiger partial charge in [-0.2, -0.15) is 0 Å². The van der Waals surface area contributed by atoms with Crippen molar-refractivity contribution in [1.29, 1.82) is 0 Å². The van der Waals surface area contributed by atoms with Crippen molar-refractivity contribution in [1.82, 2.24) is 15.6 Å². The molecule has 0 radical (unpaired) electrons. The van der Waals surface area contributed by atoms with Gasteiger partial charge in [-0.25, -0.2) is 4.98 Å². The number of anilines is 1. The Balaban J connectivity index is 1.33. The summed E-state index contributed by atoms with van der Waals surface area (Å²) in [5.41, 5.74) is 10.1. The second-order valence-corrected chi connectivity index (χ2v) is 8.90. The Morgan fingerprint density at radius 2 is 1.93 bits per heavy atom. The van der Waals surface area contributed by atoms with Gasteiger partial charge in [0.1, 0.15) is 5.82 Å². The summed E-state index contributed by atoms with van der Waals surface area (Å²) in [6.45, 7) is 2.20. The zero-order valence-corrected chi connectivity index (χ0v) is 16.5. The number of hydrogen-bond donors (Lipinski definition) is 4. The lowest BCUT2D eigenvalue weighted by Crippen LogP contribution is -2.38. The minimum Gasteiger partial charge on any atom is -0.393 e. The molecular formula is C23H28N4O2. The Morgan fingerprint density at radius 1 is 1.17 bits per heavy atom. The molecule has 1 aromatic heterocycles. The van der Waals surface area contributed by atoms with Crippen LogP contribution in [0.2, 0.25) is 0 Å². The van der Waals surface area contributed by atoms with E-state index in [2.05, 4.69) is 39.9 Å². The maximum absolute atomic E-state index is 12.8. The van der Waals surface area contributed by atoms with Crippen LogP contribution in [-0.4, -0.2) is 41.2 Å². The van der Waals surface area contributed by atoms with Crippen molar-refractivity contribution < 1.29 is 9.90 Å². The van der Waals surface area contributed by atoms with Crippen LogP contribution in [0.3, 0.4) is 0 Å². The molecule has 2 aliphatic carbocycles. The standard InChI is InChI=1S/C23H28N4O2/c24-21-20(22(29)27-18-5-7-19(28)8-6-18)9-15(11-26-21)14-1-3-16(4-2-14)23-10-17(23)12-25-13-23/h1-4,9,11,17-19,25,28H,5-8,10,12-13H2,(H2,24,26)(H,27,29)/t17-,18?,19?,23+/m0/s1. The van der Waals surface area contributed by atoms with Crippen LogP contribution in [0.15, 0.2) is 36.5 Å². The summed E-state index contributed by atoms with van der Waals surface area (Å²) in [5.74, 6) is 0.838. The van der Waals surface area contributed by atoms with Crippen LogP contribution in [0.25, 0.3) is 11.1 Å². The lowest BCUT2D eigenvalue weighted by molar-refractivity contribution is 0.0868. The third-order valence-corrected chi connectivity index (χ3v) is 7.05. The van der Waals surface area contributed by atoms with E-state index in [1.807, 2.05) is 6.07 Å². The van der Waals surface area contributed by atoms with Crippen LogP contribution in [-0.2, 0) is 5.41 Å². The van der Waals surface area contributed by atoms with Crippen molar-refractivity contribution in [3.05, 3.63) is 47.7 Å². The number of fused-ring (bicyclic) bond motifs is 1. The highest BCUT2D eigenvalue weighted by Gasteiger charge is 2.57. The summed E-state index contributed by atoms with van der Waals surface area (Å²) in [6.07, 6.45) is 5.80. The monoisotopic (exact) mass is 392 g/mol. The highest BCUT2D eigenvalue weighted by Crippen LogP contribution is 2.56. The summed E-state index contributed by atoms with van der Waals surface area (Å²) < 4.78 is 0. The molecule has 1 saturated heterocycles. The number of aliphatic hydroxyl groups is 1. The Hall–Kier alpha value is -2.44. The van der Waals surface area contributed by atoms with Crippen LogP contribution >= 0.6 is 0 Å². The van der Waals surface area contributed by atoms with Gasteiger partial charge in [0.05, 0.1) is 11.7 Å². The first kappa shape index (κ1) is 18.6. The number of nitrogen functional groups attached to an aromatic ring is 1. The van der Waals surface area contributed by atoms with E-state index in [4.69, 9.17) is 5.73 Å². The first-order chi connectivity index (χ1) is 14.0. The van der Waals surface area contributed by atoms with E-state index in [1.165, 1.54) is 12.0 Å². The molecule has 152 valence electrons. The van der Waals surface area contributed by atoms with Gasteiger partial charge < -0.3 is 21.5 Å². The number of rotatable bonds is 4. The smallest absolute Gasteiger partial charge is 0.255 e. The molecule has 3 aliphatic rings. The normalized spacial score (nSPS) is 30.6. The summed E-state index contributed by atoms with van der Waals surface area (Å²) in [5, 5.41) is 16.2. The number of carbonyl (C=O) groups is 1. The number of aromatic nitrogens is 1. The van der Waals surface area contributed by atoms with Crippen molar-refractivity contribution in [3.8, 4) is 11.1 Å². The quantitative estimate of drug-likeness (QED) is 0.639. The fraction of sp³-hybridized carbons (Fsp3) is 0.478. The number of hydrogen-bond acceptors (Lipinski definition) is 5. The zero-order valence-electron chi connectivity index (χ0n) is 16.5. The summed E-state index contributed by atoms with van der Waals surface area (Å²) in [4.78, 5) is 17.0. The zero-order chi connectivity index (χ0) is 20.0. The number of nitrogens with zero attached hydrogens (tertiary/aromatic N) is 1. The van der Waals surface area contributed by atoms with E-state index in [1.54, 1.807) is 6.20 Å². The minimum atomic E-state index is -0.244. The molecule has 2 aromatic rings. The van der Waals surface area contributed by atoms with Crippen molar-refractivity contribution in [2.24, 2.45) is 5.92 Å². The fourth-order valence-electron chi connectivity index (χ4n) is 5.08. The molecule has 5 rings (SSSR count). The van der Waals surface area contributed by atoms with E-state index in [-0.39, 0.29) is 23.9 Å². The lowest BCUT2D eigenvalue weighted by atomic mass is 9.92. The molecule has 1 aromatic carbocycles. The number of carbonyl (C=O) groups excluding carboxylic acids is 1. The molecule has 2 heterocycles. The first-order valence-corrected chi connectivity index (χ1v) is 10.6. The third-order valence-electron chi connectivity index (χ3n) is 7.05. The highest BCUT2D eigenvalue weighted by molar-refractivity contribution is 5.99. The van der Waals surface area contributed by atoms with E-state index in [9.17, 15) is 9.90 Å². The average molecular weight is 393 g/mol. The Kier molecular flexibility index (Phi) is 4.56. The van der Waals surface area contributed by atoms with Gasteiger partial charge in [-0.15, -0.1) is 0 Å². The molecule has 0 unspecified atom stereocenters. The van der Waals surface area contributed by atoms with Crippen LogP contribution < -0.4 is 16.4 Å². The average Bonchev–Trinajstić information content (AvgIpc) is 3.30. The lowest BCUT2D eigenvalue weighted by Gasteiger charge is -2.26. The topological polar surface area (TPSA) is 100 Å². The van der Waals surface area contributed by atoms with Crippen molar-refractivity contribution in [2.45, 2.75) is 49.7 Å². The second kappa shape index (κ2) is 7.11. The number of amides is 1. The number of pyridine rings is 1. The first-order valence-electron chi connectivity index (χ1n) is 10.6. The van der Waals surface area contributed by atoms with Crippen molar-refractivity contribution >= 4 is 11.7 Å². The van der Waals surface area contributed by atoms with Crippen molar-refractivity contribution in [2.75, 3.05) is 18.8 Å². The Bertz CT molecular complexity index is 921. The van der Waals surface area contributed by atoms with E-state index < -0.39 is 0 Å². The van der Waals surface area contributed by atoms with Gasteiger partial charge in [-0.3, -0.25) is 4.79 Å². The maximum atomic E-state index is 12.8. The number of nitrogens with one attached hydrogen (secondary N) is 2. The molecule has 0 spiro atoms. The molecule has 2 saturated carbocycles. The number of aliphatic hydroxyl groups excluding tert-OH is 1. The van der Waals surface area contributed by atoms with Crippen LogP contribution in [0.5, 0.6) is 0 Å². The number of piperidine rings is 1. The number of benzene rings is 1. The molecule has 5 N–H and O–H groups in total. The van der Waals surface area contributed by atoms with Crippen LogP contribution in [0.1, 0.15) is 48.0 Å². The molecule has 6 heteroatoms. The molecule has 3 fully saturated rings. The van der Waals surface area contributed by atoms with Gasteiger partial charge in [0, 0.05) is 29.8 Å². The van der Waals surface area contributed by atoms with Crippen LogP contribution in [0, 0.1) is 5.92 Å². The van der Waals surface area contributed by atoms with Gasteiger partial charge in [0.25, 0.3) is 5.91 Å². The molecule has 1 aliphatic heterocycles. The van der Waals surface area contributed by atoms with E-state index in [0.29, 0.717) is 11.0 Å². The highest BCUT2D eigenvalue weighted by atomic mass is 16.3. The summed E-state index contributed by atoms with van der Waals surface area (Å²) in [7, 11) is 0.